The molecule has 1 saturated heterocycles. The van der Waals surface area contributed by atoms with Crippen molar-refractivity contribution in [2.45, 2.75) is 6.54 Å². The van der Waals surface area contributed by atoms with E-state index in [2.05, 4.69) is 0 Å². The first-order chi connectivity index (χ1) is 13.3. The lowest BCUT2D eigenvalue weighted by Gasteiger charge is -2.24. The van der Waals surface area contributed by atoms with Crippen LogP contribution in [-0.2, 0) is 11.3 Å². The zero-order chi connectivity index (χ0) is 18.6. The van der Waals surface area contributed by atoms with Crippen molar-refractivity contribution in [3.05, 3.63) is 58.9 Å². The highest BCUT2D eigenvalue weighted by atomic mass is 16.5. The van der Waals surface area contributed by atoms with Crippen LogP contribution < -0.4 is 15.2 Å². The lowest BCUT2D eigenvalue weighted by molar-refractivity contribution is -0.908. The van der Waals surface area contributed by atoms with Crippen molar-refractivity contribution in [2.75, 3.05) is 40.0 Å². The van der Waals surface area contributed by atoms with Gasteiger partial charge in [0, 0.05) is 5.56 Å². The summed E-state index contributed by atoms with van der Waals surface area (Å²) in [6.07, 6.45) is 0. The predicted octanol–water partition coefficient (Wildman–Crippen LogP) is 0.987. The molecule has 1 aliphatic rings. The van der Waals surface area contributed by atoms with Gasteiger partial charge in [-0.05, 0) is 36.4 Å². The highest BCUT2D eigenvalue weighted by Crippen LogP contribution is 2.21. The number of quaternary nitrogens is 1. The van der Waals surface area contributed by atoms with Crippen molar-refractivity contribution >= 4 is 10.9 Å². The largest absolute Gasteiger partial charge is 0.497 e. The molecule has 0 bridgehead atoms. The molecule has 0 aliphatic carbocycles. The topological polar surface area (TPSA) is 57.8 Å². The summed E-state index contributed by atoms with van der Waals surface area (Å²) in [7, 11) is 1.64. The number of methoxy groups -OCH3 is 1. The second-order valence-corrected chi connectivity index (χ2v) is 6.75. The third kappa shape index (κ3) is 3.72. The summed E-state index contributed by atoms with van der Waals surface area (Å²) < 4.78 is 12.5. The van der Waals surface area contributed by atoms with Crippen LogP contribution in [-0.4, -0.2) is 49.5 Å². The van der Waals surface area contributed by atoms with E-state index in [1.54, 1.807) is 7.11 Å². The van der Waals surface area contributed by atoms with Gasteiger partial charge in [-0.3, -0.25) is 9.36 Å². The van der Waals surface area contributed by atoms with Crippen LogP contribution in [0.1, 0.15) is 0 Å². The lowest BCUT2D eigenvalue weighted by atomic mass is 10.1. The first-order valence-electron chi connectivity index (χ1n) is 9.31. The summed E-state index contributed by atoms with van der Waals surface area (Å²) in [6.45, 7) is 5.04. The predicted molar refractivity (Wildman–Crippen MR) is 104 cm³/mol. The van der Waals surface area contributed by atoms with Crippen molar-refractivity contribution in [2.24, 2.45) is 0 Å². The van der Waals surface area contributed by atoms with Gasteiger partial charge in [0.15, 0.2) is 0 Å². The Morgan fingerprint density at radius 3 is 2.59 bits per heavy atom. The number of nitrogens with zero attached hydrogens (tertiary/aromatic N) is 2. The summed E-state index contributed by atoms with van der Waals surface area (Å²) in [5.74, 6) is 1.49. The molecule has 4 rings (SSSR count). The Hall–Kier alpha value is -2.70. The minimum absolute atomic E-state index is 0.0130. The van der Waals surface area contributed by atoms with Crippen molar-refractivity contribution in [3.63, 3.8) is 0 Å². The van der Waals surface area contributed by atoms with Crippen molar-refractivity contribution < 1.29 is 14.4 Å². The van der Waals surface area contributed by atoms with Gasteiger partial charge in [-0.25, -0.2) is 4.98 Å². The van der Waals surface area contributed by atoms with Gasteiger partial charge >= 0.3 is 0 Å². The number of benzene rings is 2. The van der Waals surface area contributed by atoms with E-state index >= 15 is 0 Å². The molecule has 0 amide bonds. The number of ether oxygens (including phenoxy) is 2. The highest BCUT2D eigenvalue weighted by molar-refractivity contribution is 5.79. The van der Waals surface area contributed by atoms with Crippen LogP contribution in [0.15, 0.2) is 53.3 Å². The molecule has 0 radical (unpaired) electrons. The third-order valence-corrected chi connectivity index (χ3v) is 5.10. The number of hydrogen-bond acceptors (Lipinski definition) is 4. The summed E-state index contributed by atoms with van der Waals surface area (Å²) >= 11 is 0. The van der Waals surface area contributed by atoms with E-state index in [4.69, 9.17) is 14.5 Å². The Kier molecular flexibility index (Phi) is 5.18. The van der Waals surface area contributed by atoms with Crippen molar-refractivity contribution in [1.29, 1.82) is 0 Å². The second-order valence-electron chi connectivity index (χ2n) is 6.75. The molecule has 0 saturated carbocycles. The van der Waals surface area contributed by atoms with E-state index in [-0.39, 0.29) is 5.56 Å². The smallest absolute Gasteiger partial charge is 0.261 e. The first-order valence-corrected chi connectivity index (χ1v) is 9.31. The zero-order valence-electron chi connectivity index (χ0n) is 15.5. The van der Waals surface area contributed by atoms with E-state index in [9.17, 15) is 4.79 Å². The Morgan fingerprint density at radius 1 is 1.11 bits per heavy atom. The number of morpholine rings is 1. The van der Waals surface area contributed by atoms with Gasteiger partial charge in [-0.1, -0.05) is 12.1 Å². The van der Waals surface area contributed by atoms with Crippen molar-refractivity contribution in [3.8, 4) is 17.1 Å². The quantitative estimate of drug-likeness (QED) is 0.732. The van der Waals surface area contributed by atoms with Crippen LogP contribution in [0, 0.1) is 0 Å². The molecule has 0 spiro atoms. The van der Waals surface area contributed by atoms with Crippen LogP contribution in [0.3, 0.4) is 0 Å². The Morgan fingerprint density at radius 2 is 1.85 bits per heavy atom. The van der Waals surface area contributed by atoms with Crippen LogP contribution in [0.2, 0.25) is 0 Å². The molecule has 2 aromatic carbocycles. The van der Waals surface area contributed by atoms with Gasteiger partial charge in [0.05, 0.1) is 44.3 Å². The summed E-state index contributed by atoms with van der Waals surface area (Å²) in [5, 5.41) is 0.659. The SMILES string of the molecule is COc1ccc(-c2nc3ccccc3c(=O)n2CC[NH+]2CCOCC2)cc1. The minimum Gasteiger partial charge on any atom is -0.497 e. The number of fused-ring (bicyclic) bond motifs is 1. The number of aromatic nitrogens is 2. The van der Waals surface area contributed by atoms with E-state index in [0.29, 0.717) is 17.8 Å². The van der Waals surface area contributed by atoms with Gasteiger partial charge in [0.2, 0.25) is 0 Å². The molecule has 140 valence electrons. The Bertz CT molecular complexity index is 976. The minimum atomic E-state index is 0.0130. The van der Waals surface area contributed by atoms with Gasteiger partial charge in [-0.2, -0.15) is 0 Å². The molecule has 2 heterocycles. The molecular formula is C21H24N3O3+. The molecule has 1 aliphatic heterocycles. The van der Waals surface area contributed by atoms with Gasteiger partial charge in [0.25, 0.3) is 5.56 Å². The molecule has 1 fully saturated rings. The molecule has 3 aromatic rings. The van der Waals surface area contributed by atoms with Crippen LogP contribution in [0.4, 0.5) is 0 Å². The monoisotopic (exact) mass is 366 g/mol. The maximum Gasteiger partial charge on any atom is 0.261 e. The molecule has 6 heteroatoms. The number of rotatable bonds is 5. The molecular weight excluding hydrogens is 342 g/mol. The van der Waals surface area contributed by atoms with E-state index < -0.39 is 0 Å². The molecule has 27 heavy (non-hydrogen) atoms. The summed E-state index contributed by atoms with van der Waals surface area (Å²) in [4.78, 5) is 19.5. The van der Waals surface area contributed by atoms with E-state index in [0.717, 1.165) is 49.7 Å². The van der Waals surface area contributed by atoms with Crippen LogP contribution in [0.25, 0.3) is 22.3 Å². The Balaban J connectivity index is 1.75. The third-order valence-electron chi connectivity index (χ3n) is 5.10. The Labute approximate surface area is 158 Å². The van der Waals surface area contributed by atoms with Gasteiger partial charge in [-0.15, -0.1) is 0 Å². The molecule has 0 atom stereocenters. The van der Waals surface area contributed by atoms with Gasteiger partial charge < -0.3 is 14.4 Å². The summed E-state index contributed by atoms with van der Waals surface area (Å²) in [5.41, 5.74) is 1.65. The second kappa shape index (κ2) is 7.90. The molecule has 0 unspecified atom stereocenters. The highest BCUT2D eigenvalue weighted by Gasteiger charge is 2.17. The molecule has 6 nitrogen and oxygen atoms in total. The average Bonchev–Trinajstić information content (AvgIpc) is 2.74. The molecule has 1 aromatic heterocycles. The van der Waals surface area contributed by atoms with Gasteiger partial charge in [0.1, 0.15) is 24.7 Å². The maximum absolute atomic E-state index is 13.2. The summed E-state index contributed by atoms with van der Waals surface area (Å²) in [6, 6.07) is 15.2. The fourth-order valence-corrected chi connectivity index (χ4v) is 3.52. The van der Waals surface area contributed by atoms with Crippen molar-refractivity contribution in [1.82, 2.24) is 9.55 Å². The number of para-hydroxylation sites is 1. The molecule has 1 N–H and O–H groups in total. The van der Waals surface area contributed by atoms with Crippen LogP contribution in [0.5, 0.6) is 5.75 Å². The lowest BCUT2D eigenvalue weighted by Crippen LogP contribution is -3.14. The normalized spacial score (nSPS) is 15.1. The average molecular weight is 366 g/mol. The maximum atomic E-state index is 13.2. The standard InChI is InChI=1S/C21H23N3O3/c1-26-17-8-6-16(7-9-17)20-22-19-5-3-2-4-18(19)21(25)24(20)11-10-23-12-14-27-15-13-23/h2-9H,10-15H2,1H3/p+1. The zero-order valence-corrected chi connectivity index (χ0v) is 15.5. The van der Waals surface area contributed by atoms with Crippen LogP contribution >= 0.6 is 0 Å². The fraction of sp³-hybridized carbons (Fsp3) is 0.333. The fourth-order valence-electron chi connectivity index (χ4n) is 3.52. The number of nitrogens with one attached hydrogen (secondary N) is 1. The van der Waals surface area contributed by atoms with E-state index in [1.807, 2.05) is 53.1 Å². The van der Waals surface area contributed by atoms with E-state index in [1.165, 1.54) is 4.90 Å². The first kappa shape index (κ1) is 17.7. The number of hydrogen-bond donors (Lipinski definition) is 1.